The predicted octanol–water partition coefficient (Wildman–Crippen LogP) is 5.36. The molecule has 7 heteroatoms. The Morgan fingerprint density at radius 1 is 1.19 bits per heavy atom. The average molecular weight is 432 g/mol. The summed E-state index contributed by atoms with van der Waals surface area (Å²) in [4.78, 5) is 3.01. The van der Waals surface area contributed by atoms with Crippen LogP contribution < -0.4 is 4.74 Å². The van der Waals surface area contributed by atoms with Crippen LogP contribution >= 0.6 is 44.1 Å². The van der Waals surface area contributed by atoms with Crippen LogP contribution in [0.5, 0.6) is 5.75 Å². The average Bonchev–Trinajstić information content (AvgIpc) is 2.75. The van der Waals surface area contributed by atoms with Gasteiger partial charge in [-0.2, -0.15) is 0 Å². The number of rotatable bonds is 2. The van der Waals surface area contributed by atoms with Crippen molar-refractivity contribution >= 4 is 55.1 Å². The Labute approximate surface area is 142 Å². The molecule has 0 atom stereocenters. The molecule has 0 radical (unpaired) electrons. The number of nitrogens with one attached hydrogen (secondary N) is 1. The Morgan fingerprint density at radius 3 is 2.67 bits per heavy atom. The zero-order valence-corrected chi connectivity index (χ0v) is 14.8. The first-order chi connectivity index (χ1) is 10.0. The standard InChI is InChI=1S/C14H9Br2FN2OS/c1-20-7-2-3-8(15)12(4-7)19-13-5-9(16)10(17)6-11(13)18-14(19)21/h2-6H,1H3,(H,18,21). The van der Waals surface area contributed by atoms with Gasteiger partial charge in [-0.3, -0.25) is 4.57 Å². The summed E-state index contributed by atoms with van der Waals surface area (Å²) in [5.41, 5.74) is 2.24. The lowest BCUT2D eigenvalue weighted by Gasteiger charge is -2.10. The summed E-state index contributed by atoms with van der Waals surface area (Å²) in [5.74, 6) is 0.376. The molecule has 0 saturated carbocycles. The molecule has 3 rings (SSSR count). The van der Waals surface area contributed by atoms with Crippen molar-refractivity contribution in [1.82, 2.24) is 9.55 Å². The molecule has 3 nitrogen and oxygen atoms in total. The molecule has 3 aromatic rings. The first kappa shape index (κ1) is 14.7. The summed E-state index contributed by atoms with van der Waals surface area (Å²) >= 11 is 12.1. The number of hydrogen-bond acceptors (Lipinski definition) is 2. The molecule has 1 aromatic heterocycles. The predicted molar refractivity (Wildman–Crippen MR) is 90.4 cm³/mol. The Kier molecular flexibility index (Phi) is 3.90. The van der Waals surface area contributed by atoms with Crippen LogP contribution in [0.15, 0.2) is 39.3 Å². The van der Waals surface area contributed by atoms with Crippen molar-refractivity contribution in [2.75, 3.05) is 7.11 Å². The zero-order valence-electron chi connectivity index (χ0n) is 10.8. The van der Waals surface area contributed by atoms with Crippen molar-refractivity contribution in [1.29, 1.82) is 0 Å². The lowest BCUT2D eigenvalue weighted by molar-refractivity contribution is 0.414. The van der Waals surface area contributed by atoms with E-state index in [0.717, 1.165) is 15.7 Å². The molecule has 2 aromatic carbocycles. The van der Waals surface area contributed by atoms with Gasteiger partial charge >= 0.3 is 0 Å². The fraction of sp³-hybridized carbons (Fsp3) is 0.0714. The van der Waals surface area contributed by atoms with Crippen molar-refractivity contribution in [3.8, 4) is 11.4 Å². The summed E-state index contributed by atoms with van der Waals surface area (Å²) in [7, 11) is 1.60. The molecule has 0 saturated heterocycles. The minimum atomic E-state index is -0.337. The van der Waals surface area contributed by atoms with E-state index in [-0.39, 0.29) is 5.82 Å². The molecule has 108 valence electrons. The third-order valence-corrected chi connectivity index (χ3v) is 4.68. The fourth-order valence-electron chi connectivity index (χ4n) is 2.13. The Morgan fingerprint density at radius 2 is 1.95 bits per heavy atom. The molecule has 0 amide bonds. The molecule has 0 fully saturated rings. The van der Waals surface area contributed by atoms with Gasteiger partial charge in [-0.1, -0.05) is 0 Å². The fourth-order valence-corrected chi connectivity index (χ4v) is 3.19. The van der Waals surface area contributed by atoms with Gasteiger partial charge in [-0.15, -0.1) is 0 Å². The van der Waals surface area contributed by atoms with Crippen LogP contribution in [0.2, 0.25) is 0 Å². The normalized spacial score (nSPS) is 11.0. The van der Waals surface area contributed by atoms with E-state index in [1.54, 1.807) is 13.2 Å². The number of fused-ring (bicyclic) bond motifs is 1. The van der Waals surface area contributed by atoms with E-state index in [2.05, 4.69) is 36.8 Å². The SMILES string of the molecule is COc1ccc(Br)c(-n2c(=S)[nH]c3cc(F)c(Br)cc32)c1. The number of ether oxygens (including phenoxy) is 1. The van der Waals surface area contributed by atoms with Gasteiger partial charge in [0.25, 0.3) is 0 Å². The van der Waals surface area contributed by atoms with Crippen LogP contribution in [-0.2, 0) is 0 Å². The maximum absolute atomic E-state index is 13.7. The van der Waals surface area contributed by atoms with Gasteiger partial charge in [-0.05, 0) is 62.3 Å². The highest BCUT2D eigenvalue weighted by atomic mass is 79.9. The molecule has 0 aliphatic rings. The van der Waals surface area contributed by atoms with Crippen LogP contribution in [0, 0.1) is 10.6 Å². The summed E-state index contributed by atoms with van der Waals surface area (Å²) in [5, 5.41) is 0. The molecule has 0 unspecified atom stereocenters. The van der Waals surface area contributed by atoms with Crippen molar-refractivity contribution < 1.29 is 9.13 Å². The van der Waals surface area contributed by atoms with Crippen LogP contribution in [0.1, 0.15) is 0 Å². The highest BCUT2D eigenvalue weighted by molar-refractivity contribution is 9.10. The van der Waals surface area contributed by atoms with Gasteiger partial charge in [0.2, 0.25) is 0 Å². The second-order valence-electron chi connectivity index (χ2n) is 4.37. The summed E-state index contributed by atoms with van der Waals surface area (Å²) in [6.07, 6.45) is 0. The quantitative estimate of drug-likeness (QED) is 0.553. The third kappa shape index (κ3) is 2.54. The smallest absolute Gasteiger partial charge is 0.182 e. The third-order valence-electron chi connectivity index (χ3n) is 3.12. The first-order valence-corrected chi connectivity index (χ1v) is 7.94. The number of halogens is 3. The molecular weight excluding hydrogens is 423 g/mol. The van der Waals surface area contributed by atoms with E-state index in [9.17, 15) is 4.39 Å². The Bertz CT molecular complexity index is 904. The van der Waals surface area contributed by atoms with Crippen LogP contribution in [0.4, 0.5) is 4.39 Å². The molecule has 1 heterocycles. The molecule has 0 spiro atoms. The number of hydrogen-bond donors (Lipinski definition) is 1. The van der Waals surface area contributed by atoms with Gasteiger partial charge in [0.15, 0.2) is 4.77 Å². The van der Waals surface area contributed by atoms with Crippen LogP contribution in [0.3, 0.4) is 0 Å². The van der Waals surface area contributed by atoms with E-state index >= 15 is 0 Å². The molecular formula is C14H9Br2FN2OS. The number of benzene rings is 2. The second-order valence-corrected chi connectivity index (χ2v) is 6.46. The number of aromatic nitrogens is 2. The highest BCUT2D eigenvalue weighted by Gasteiger charge is 2.13. The van der Waals surface area contributed by atoms with Gasteiger partial charge in [0.1, 0.15) is 11.6 Å². The topological polar surface area (TPSA) is 29.9 Å². The molecule has 1 N–H and O–H groups in total. The van der Waals surface area contributed by atoms with Crippen molar-refractivity contribution in [2.45, 2.75) is 0 Å². The molecule has 21 heavy (non-hydrogen) atoms. The zero-order chi connectivity index (χ0) is 15.1. The second kappa shape index (κ2) is 5.55. The van der Waals surface area contributed by atoms with E-state index in [1.165, 1.54) is 6.07 Å². The summed E-state index contributed by atoms with van der Waals surface area (Å²) in [6, 6.07) is 8.71. The molecule has 0 aliphatic carbocycles. The maximum Gasteiger partial charge on any atom is 0.182 e. The minimum absolute atomic E-state index is 0.337. The first-order valence-electron chi connectivity index (χ1n) is 5.95. The maximum atomic E-state index is 13.7. The Hall–Kier alpha value is -1.18. The van der Waals surface area contributed by atoms with Crippen molar-refractivity contribution in [3.63, 3.8) is 0 Å². The van der Waals surface area contributed by atoms with E-state index in [4.69, 9.17) is 17.0 Å². The van der Waals surface area contributed by atoms with E-state index < -0.39 is 0 Å². The summed E-state index contributed by atoms with van der Waals surface area (Å²) < 4.78 is 22.5. The van der Waals surface area contributed by atoms with Crippen molar-refractivity contribution in [3.05, 3.63) is 49.9 Å². The molecule has 0 bridgehead atoms. The minimum Gasteiger partial charge on any atom is -0.497 e. The monoisotopic (exact) mass is 430 g/mol. The number of imidazole rings is 1. The lowest BCUT2D eigenvalue weighted by atomic mass is 10.2. The number of nitrogens with zero attached hydrogens (tertiary/aromatic N) is 1. The van der Waals surface area contributed by atoms with Gasteiger partial charge < -0.3 is 9.72 Å². The van der Waals surface area contributed by atoms with Crippen LogP contribution in [0.25, 0.3) is 16.7 Å². The van der Waals surface area contributed by atoms with Gasteiger partial charge in [0.05, 0.1) is 28.3 Å². The largest absolute Gasteiger partial charge is 0.497 e. The summed E-state index contributed by atoms with van der Waals surface area (Å²) in [6.45, 7) is 0. The van der Waals surface area contributed by atoms with Crippen LogP contribution in [-0.4, -0.2) is 16.7 Å². The number of H-pyrrole nitrogens is 1. The number of methoxy groups -OCH3 is 1. The highest BCUT2D eigenvalue weighted by Crippen LogP contribution is 2.31. The lowest BCUT2D eigenvalue weighted by Crippen LogP contribution is -1.96. The van der Waals surface area contributed by atoms with Gasteiger partial charge in [-0.25, -0.2) is 4.39 Å². The van der Waals surface area contributed by atoms with E-state index in [0.29, 0.717) is 20.5 Å². The van der Waals surface area contributed by atoms with Gasteiger partial charge in [0, 0.05) is 16.6 Å². The van der Waals surface area contributed by atoms with E-state index in [1.807, 2.05) is 22.8 Å². The van der Waals surface area contributed by atoms with Crippen molar-refractivity contribution in [2.24, 2.45) is 0 Å². The number of aromatic amines is 1. The molecule has 0 aliphatic heterocycles. The Balaban J connectivity index is 2.37.